The molecule has 8 heteroatoms. The molecule has 1 amide bonds. The van der Waals surface area contributed by atoms with Crippen LogP contribution in [-0.2, 0) is 11.3 Å². The molecule has 0 aliphatic carbocycles. The van der Waals surface area contributed by atoms with Crippen LogP contribution in [0.2, 0.25) is 5.02 Å². The lowest BCUT2D eigenvalue weighted by atomic mass is 10.3. The van der Waals surface area contributed by atoms with Crippen LogP contribution >= 0.6 is 22.9 Å². The fourth-order valence-electron chi connectivity index (χ4n) is 2.08. The minimum absolute atomic E-state index is 0.0743. The third-order valence-corrected chi connectivity index (χ3v) is 4.37. The predicted molar refractivity (Wildman–Crippen MR) is 88.5 cm³/mol. The van der Waals surface area contributed by atoms with E-state index in [1.807, 2.05) is 0 Å². The second-order valence-corrected chi connectivity index (χ2v) is 6.11. The molecule has 0 bridgehead atoms. The number of benzene rings is 1. The molecule has 5 nitrogen and oxygen atoms in total. The van der Waals surface area contributed by atoms with Crippen molar-refractivity contribution in [2.75, 3.05) is 5.32 Å². The van der Waals surface area contributed by atoms with E-state index in [4.69, 9.17) is 11.6 Å². The molecule has 118 valence electrons. The van der Waals surface area contributed by atoms with Crippen LogP contribution in [0.25, 0.3) is 10.2 Å². The molecule has 3 aromatic rings. The van der Waals surface area contributed by atoms with Crippen LogP contribution in [0.3, 0.4) is 0 Å². The molecule has 2 heterocycles. The van der Waals surface area contributed by atoms with Gasteiger partial charge in [0.2, 0.25) is 5.91 Å². The summed E-state index contributed by atoms with van der Waals surface area (Å²) in [6.07, 6.45) is 1.50. The summed E-state index contributed by atoms with van der Waals surface area (Å²) in [6.45, 7) is 0.197. The molecule has 1 aromatic carbocycles. The van der Waals surface area contributed by atoms with Crippen LogP contribution in [0.1, 0.15) is 6.42 Å². The van der Waals surface area contributed by atoms with Gasteiger partial charge in [0.15, 0.2) is 0 Å². The first-order chi connectivity index (χ1) is 11.0. The quantitative estimate of drug-likeness (QED) is 0.784. The highest BCUT2D eigenvalue weighted by Gasteiger charge is 2.09. The number of nitrogens with zero attached hydrogens (tertiary/aromatic N) is 2. The molecule has 0 saturated heterocycles. The summed E-state index contributed by atoms with van der Waals surface area (Å²) < 4.78 is 14.3. The van der Waals surface area contributed by atoms with Gasteiger partial charge in [-0.1, -0.05) is 11.6 Å². The van der Waals surface area contributed by atoms with Crippen LogP contribution in [0, 0.1) is 5.82 Å². The number of hydrogen-bond acceptors (Lipinski definition) is 4. The van der Waals surface area contributed by atoms with Crippen molar-refractivity contribution >= 4 is 44.7 Å². The van der Waals surface area contributed by atoms with Crippen molar-refractivity contribution in [2.45, 2.75) is 13.0 Å². The van der Waals surface area contributed by atoms with Crippen molar-refractivity contribution in [3.8, 4) is 0 Å². The number of carbonyl (C=O) groups excluding carboxylic acids is 1. The lowest BCUT2D eigenvalue weighted by molar-refractivity contribution is -0.116. The number of nitrogens with one attached hydrogen (secondary N) is 1. The number of thiophene rings is 1. The summed E-state index contributed by atoms with van der Waals surface area (Å²) >= 11 is 7.24. The topological polar surface area (TPSA) is 64.0 Å². The molecule has 0 saturated carbocycles. The van der Waals surface area contributed by atoms with Gasteiger partial charge in [-0.15, -0.1) is 11.3 Å². The Morgan fingerprint density at radius 1 is 1.39 bits per heavy atom. The third-order valence-electron chi connectivity index (χ3n) is 3.24. The maximum Gasteiger partial charge on any atom is 0.262 e. The molecule has 3 rings (SSSR count). The molecule has 23 heavy (non-hydrogen) atoms. The van der Waals surface area contributed by atoms with Gasteiger partial charge in [-0.3, -0.25) is 14.2 Å². The Morgan fingerprint density at radius 2 is 2.22 bits per heavy atom. The molecule has 1 N–H and O–H groups in total. The van der Waals surface area contributed by atoms with Crippen molar-refractivity contribution in [1.82, 2.24) is 9.55 Å². The summed E-state index contributed by atoms with van der Waals surface area (Å²) in [7, 11) is 0. The Morgan fingerprint density at radius 3 is 3.00 bits per heavy atom. The molecular formula is C15H11ClFN3O2S. The zero-order chi connectivity index (χ0) is 16.4. The average Bonchev–Trinajstić information content (AvgIpc) is 2.99. The van der Waals surface area contributed by atoms with E-state index in [0.29, 0.717) is 15.9 Å². The van der Waals surface area contributed by atoms with E-state index in [9.17, 15) is 14.0 Å². The third kappa shape index (κ3) is 3.40. The van der Waals surface area contributed by atoms with Gasteiger partial charge < -0.3 is 5.32 Å². The van der Waals surface area contributed by atoms with Crippen molar-refractivity contribution in [3.05, 3.63) is 57.2 Å². The number of amides is 1. The largest absolute Gasteiger partial charge is 0.325 e. The van der Waals surface area contributed by atoms with Crippen molar-refractivity contribution in [2.24, 2.45) is 0 Å². The molecular weight excluding hydrogens is 341 g/mol. The summed E-state index contributed by atoms with van der Waals surface area (Å²) in [5.74, 6) is -0.800. The zero-order valence-electron chi connectivity index (χ0n) is 11.8. The molecule has 0 aliphatic rings. The monoisotopic (exact) mass is 351 g/mol. The van der Waals surface area contributed by atoms with E-state index < -0.39 is 5.82 Å². The Kier molecular flexibility index (Phi) is 4.40. The lowest BCUT2D eigenvalue weighted by Crippen LogP contribution is -2.23. The Hall–Kier alpha value is -2.25. The van der Waals surface area contributed by atoms with Crippen LogP contribution in [0.5, 0.6) is 0 Å². The van der Waals surface area contributed by atoms with Crippen molar-refractivity contribution < 1.29 is 9.18 Å². The maximum absolute atomic E-state index is 13.0. The molecule has 0 fully saturated rings. The molecule has 0 atom stereocenters. The Balaban J connectivity index is 1.68. The fraction of sp³-hybridized carbons (Fsp3) is 0.133. The lowest BCUT2D eigenvalue weighted by Gasteiger charge is -2.08. The average molecular weight is 352 g/mol. The highest BCUT2D eigenvalue weighted by Crippen LogP contribution is 2.22. The molecule has 0 aliphatic heterocycles. The normalized spacial score (nSPS) is 10.9. The van der Waals surface area contributed by atoms with Gasteiger partial charge in [-0.05, 0) is 29.6 Å². The fourth-order valence-corrected chi connectivity index (χ4v) is 3.02. The standard InChI is InChI=1S/C15H11ClFN3O2S/c16-11-7-9(17)1-2-12(11)19-13(21)3-5-20-8-18-14-10(15(20)22)4-6-23-14/h1-2,4,6-8H,3,5H2,(H,19,21). The highest BCUT2D eigenvalue weighted by atomic mass is 35.5. The van der Waals surface area contributed by atoms with Gasteiger partial charge in [0.05, 0.1) is 22.4 Å². The van der Waals surface area contributed by atoms with Gasteiger partial charge in [0.1, 0.15) is 10.6 Å². The van der Waals surface area contributed by atoms with Crippen LogP contribution < -0.4 is 10.9 Å². The van der Waals surface area contributed by atoms with Crippen LogP contribution in [0.15, 0.2) is 40.8 Å². The number of hydrogen-bond donors (Lipinski definition) is 1. The van der Waals surface area contributed by atoms with Crippen LogP contribution in [0.4, 0.5) is 10.1 Å². The number of halogens is 2. The van der Waals surface area contributed by atoms with Gasteiger partial charge >= 0.3 is 0 Å². The predicted octanol–water partition coefficient (Wildman–Crippen LogP) is 3.28. The van der Waals surface area contributed by atoms with E-state index >= 15 is 0 Å². The number of rotatable bonds is 4. The molecule has 0 unspecified atom stereocenters. The number of fused-ring (bicyclic) bond motifs is 1. The Bertz CT molecular complexity index is 938. The van der Waals surface area contributed by atoms with Crippen molar-refractivity contribution in [1.29, 1.82) is 0 Å². The summed E-state index contributed by atoms with van der Waals surface area (Å²) in [4.78, 5) is 29.0. The van der Waals surface area contributed by atoms with Gasteiger partial charge in [-0.2, -0.15) is 0 Å². The first-order valence-corrected chi connectivity index (χ1v) is 7.98. The SMILES string of the molecule is O=C(CCn1cnc2sccc2c1=O)Nc1ccc(F)cc1Cl. The van der Waals surface area contributed by atoms with Crippen molar-refractivity contribution in [3.63, 3.8) is 0 Å². The van der Waals surface area contributed by atoms with Gasteiger partial charge in [0, 0.05) is 13.0 Å². The smallest absolute Gasteiger partial charge is 0.262 e. The second kappa shape index (κ2) is 6.47. The first-order valence-electron chi connectivity index (χ1n) is 6.72. The minimum Gasteiger partial charge on any atom is -0.325 e. The number of anilines is 1. The number of aromatic nitrogens is 2. The van der Waals surface area contributed by atoms with E-state index in [1.54, 1.807) is 11.4 Å². The first kappa shape index (κ1) is 15.6. The van der Waals surface area contributed by atoms with Gasteiger partial charge in [-0.25, -0.2) is 9.37 Å². The summed E-state index contributed by atoms with van der Waals surface area (Å²) in [6, 6.07) is 5.43. The summed E-state index contributed by atoms with van der Waals surface area (Å²) in [5.41, 5.74) is 0.153. The molecule has 0 spiro atoms. The number of carbonyl (C=O) groups is 1. The zero-order valence-corrected chi connectivity index (χ0v) is 13.3. The number of aryl methyl sites for hydroxylation is 1. The van der Waals surface area contributed by atoms with Crippen LogP contribution in [-0.4, -0.2) is 15.5 Å². The maximum atomic E-state index is 13.0. The molecule has 0 radical (unpaired) electrons. The van der Waals surface area contributed by atoms with E-state index in [1.165, 1.54) is 34.4 Å². The highest BCUT2D eigenvalue weighted by molar-refractivity contribution is 7.16. The van der Waals surface area contributed by atoms with Gasteiger partial charge in [0.25, 0.3) is 5.56 Å². The second-order valence-electron chi connectivity index (χ2n) is 4.80. The van der Waals surface area contributed by atoms with E-state index in [0.717, 1.165) is 6.07 Å². The Labute approximate surface area is 139 Å². The summed E-state index contributed by atoms with van der Waals surface area (Å²) in [5, 5.41) is 5.05. The van der Waals surface area contributed by atoms with E-state index in [-0.39, 0.29) is 29.5 Å². The minimum atomic E-state index is -0.477. The van der Waals surface area contributed by atoms with E-state index in [2.05, 4.69) is 10.3 Å². The molecule has 2 aromatic heterocycles.